The highest BCUT2D eigenvalue weighted by Crippen LogP contribution is 2.36. The van der Waals surface area contributed by atoms with Crippen molar-refractivity contribution in [3.63, 3.8) is 0 Å². The van der Waals surface area contributed by atoms with Gasteiger partial charge in [0.25, 0.3) is 0 Å². The van der Waals surface area contributed by atoms with E-state index in [-0.39, 0.29) is 31.1 Å². The third-order valence-corrected chi connectivity index (χ3v) is 6.89. The average molecular weight is 639 g/mol. The Kier molecular flexibility index (Phi) is 11.8. The summed E-state index contributed by atoms with van der Waals surface area (Å²) < 4.78 is 11.0. The van der Waals surface area contributed by atoms with Gasteiger partial charge in [0.05, 0.1) is 0 Å². The van der Waals surface area contributed by atoms with Crippen LogP contribution in [0.25, 0.3) is 0 Å². The number of hydrogen-bond donors (Lipinski definition) is 4. The van der Waals surface area contributed by atoms with Gasteiger partial charge in [0.1, 0.15) is 35.1 Å². The summed E-state index contributed by atoms with van der Waals surface area (Å²) in [6, 6.07) is 11.0. The highest BCUT2D eigenvalue weighted by Gasteiger charge is 2.45. The zero-order valence-corrected chi connectivity index (χ0v) is 27.4. The first-order valence-electron chi connectivity index (χ1n) is 15.4. The molecular formula is C34H46N4O8. The van der Waals surface area contributed by atoms with Gasteiger partial charge in [0.15, 0.2) is 0 Å². The Labute approximate surface area is 270 Å². The van der Waals surface area contributed by atoms with Crippen LogP contribution in [0.15, 0.2) is 54.6 Å². The zero-order chi connectivity index (χ0) is 34.2. The molecule has 4 amide bonds. The van der Waals surface area contributed by atoms with Crippen LogP contribution in [0.2, 0.25) is 0 Å². The molecule has 2 aromatic carbocycles. The van der Waals surface area contributed by atoms with E-state index in [0.29, 0.717) is 18.4 Å². The Morgan fingerprint density at radius 1 is 0.870 bits per heavy atom. The Bertz CT molecular complexity index is 1380. The van der Waals surface area contributed by atoms with Crippen molar-refractivity contribution in [2.45, 2.75) is 109 Å². The van der Waals surface area contributed by atoms with E-state index < -0.39 is 59.1 Å². The summed E-state index contributed by atoms with van der Waals surface area (Å²) >= 11 is 0. The normalized spacial score (nSPS) is 15.1. The maximum atomic E-state index is 14.3. The maximum absolute atomic E-state index is 14.3. The Morgan fingerprint density at radius 2 is 1.46 bits per heavy atom. The van der Waals surface area contributed by atoms with Crippen molar-refractivity contribution >= 4 is 29.8 Å². The lowest BCUT2D eigenvalue weighted by molar-refractivity contribution is -0.159. The van der Waals surface area contributed by atoms with Gasteiger partial charge in [-0.1, -0.05) is 42.5 Å². The molecule has 0 aromatic heterocycles. The van der Waals surface area contributed by atoms with Gasteiger partial charge in [-0.3, -0.25) is 14.4 Å². The first kappa shape index (κ1) is 35.9. The second kappa shape index (κ2) is 15.1. The fourth-order valence-corrected chi connectivity index (χ4v) is 4.81. The van der Waals surface area contributed by atoms with Crippen LogP contribution in [0.4, 0.5) is 4.79 Å². The van der Waals surface area contributed by atoms with Crippen LogP contribution >= 0.6 is 0 Å². The van der Waals surface area contributed by atoms with Crippen molar-refractivity contribution < 1.29 is 38.6 Å². The molecule has 2 aromatic rings. The van der Waals surface area contributed by atoms with Crippen molar-refractivity contribution in [3.8, 4) is 5.75 Å². The number of rotatable bonds is 13. The van der Waals surface area contributed by atoms with E-state index in [1.54, 1.807) is 41.5 Å². The number of phenolic OH excluding ortho intramolecular Hbond substituents is 1. The van der Waals surface area contributed by atoms with Crippen molar-refractivity contribution in [1.29, 1.82) is 0 Å². The molecule has 250 valence electrons. The quantitative estimate of drug-likeness (QED) is 0.240. The van der Waals surface area contributed by atoms with Crippen LogP contribution in [0.3, 0.4) is 0 Å². The topological polar surface area (TPSA) is 177 Å². The largest absolute Gasteiger partial charge is 0.508 e. The molecule has 1 saturated carbocycles. The number of aromatic hydroxyl groups is 1. The molecule has 1 fully saturated rings. The van der Waals surface area contributed by atoms with E-state index in [4.69, 9.17) is 15.2 Å². The van der Waals surface area contributed by atoms with Crippen molar-refractivity contribution in [2.24, 2.45) is 5.73 Å². The van der Waals surface area contributed by atoms with Crippen molar-refractivity contribution in [2.75, 3.05) is 0 Å². The van der Waals surface area contributed by atoms with Crippen LogP contribution < -0.4 is 16.4 Å². The number of carbonyl (C=O) groups is 5. The summed E-state index contributed by atoms with van der Waals surface area (Å²) in [5.74, 6) is -2.66. The lowest BCUT2D eigenvalue weighted by Gasteiger charge is -2.35. The monoisotopic (exact) mass is 638 g/mol. The summed E-state index contributed by atoms with van der Waals surface area (Å²) in [7, 11) is 0. The number of benzene rings is 2. The third kappa shape index (κ3) is 11.4. The second-order valence-corrected chi connectivity index (χ2v) is 13.5. The molecule has 0 heterocycles. The van der Waals surface area contributed by atoms with E-state index in [2.05, 4.69) is 10.6 Å². The van der Waals surface area contributed by atoms with Gasteiger partial charge in [-0.25, -0.2) is 9.59 Å². The van der Waals surface area contributed by atoms with Gasteiger partial charge in [-0.05, 0) is 84.1 Å². The molecule has 0 bridgehead atoms. The molecule has 3 atom stereocenters. The molecule has 0 spiro atoms. The number of primary amides is 1. The molecular weight excluding hydrogens is 592 g/mol. The molecule has 12 heteroatoms. The SMILES string of the molecule is CC(C)(C)OC(=O)NC(CCC(N)=O)C(=O)N(C1CC1)C(C(=O)NC(Cc1ccccc1)C(=O)OC(C)(C)C)c1ccc(O)cc1. The fraction of sp³-hybridized carbons (Fsp3) is 0.500. The number of alkyl carbamates (subject to hydrolysis) is 1. The molecule has 1 aliphatic rings. The predicted molar refractivity (Wildman–Crippen MR) is 170 cm³/mol. The van der Waals surface area contributed by atoms with E-state index in [1.165, 1.54) is 29.2 Å². The van der Waals surface area contributed by atoms with Gasteiger partial charge in [-0.15, -0.1) is 0 Å². The van der Waals surface area contributed by atoms with Crippen molar-refractivity contribution in [1.82, 2.24) is 15.5 Å². The number of phenols is 1. The van der Waals surface area contributed by atoms with Crippen molar-refractivity contribution in [3.05, 3.63) is 65.7 Å². The van der Waals surface area contributed by atoms with E-state index >= 15 is 0 Å². The highest BCUT2D eigenvalue weighted by molar-refractivity contribution is 5.94. The minimum absolute atomic E-state index is 0.0474. The van der Waals surface area contributed by atoms with Crippen LogP contribution in [-0.2, 0) is 35.1 Å². The van der Waals surface area contributed by atoms with E-state index in [9.17, 15) is 29.1 Å². The number of hydrogen-bond acceptors (Lipinski definition) is 8. The van der Waals surface area contributed by atoms with E-state index in [1.807, 2.05) is 30.3 Å². The van der Waals surface area contributed by atoms with Crippen LogP contribution in [0.1, 0.15) is 84.4 Å². The third-order valence-electron chi connectivity index (χ3n) is 6.89. The summed E-state index contributed by atoms with van der Waals surface area (Å²) in [5, 5.41) is 15.4. The fourth-order valence-electron chi connectivity index (χ4n) is 4.81. The number of carbonyl (C=O) groups excluding carboxylic acids is 5. The molecule has 46 heavy (non-hydrogen) atoms. The number of amides is 4. The predicted octanol–water partition coefficient (Wildman–Crippen LogP) is 3.65. The lowest BCUT2D eigenvalue weighted by atomic mass is 9.99. The first-order valence-corrected chi connectivity index (χ1v) is 15.4. The number of nitrogens with zero attached hydrogens (tertiary/aromatic N) is 1. The average Bonchev–Trinajstić information content (AvgIpc) is 3.77. The van der Waals surface area contributed by atoms with Gasteiger partial charge < -0.3 is 35.8 Å². The summed E-state index contributed by atoms with van der Waals surface area (Å²) in [6.45, 7) is 10.2. The molecule has 5 N–H and O–H groups in total. The van der Waals surface area contributed by atoms with E-state index in [0.717, 1.165) is 5.56 Å². The Balaban J connectivity index is 2.03. The standard InChI is InChI=1S/C34H46N4O8/c1-33(2,3)45-31(43)26(20-21-10-8-7-9-11-21)36-29(41)28(22-12-16-24(39)17-13-22)38(23-14-15-23)30(42)25(18-19-27(35)40)37-32(44)46-34(4,5)6/h7-13,16-17,23,25-26,28,39H,14-15,18-20H2,1-6H3,(H2,35,40)(H,36,41)(H,37,44). The smallest absolute Gasteiger partial charge is 0.408 e. The number of ether oxygens (including phenoxy) is 2. The molecule has 0 aliphatic heterocycles. The second-order valence-electron chi connectivity index (χ2n) is 13.5. The minimum atomic E-state index is -1.27. The zero-order valence-electron chi connectivity index (χ0n) is 27.4. The molecule has 12 nitrogen and oxygen atoms in total. The molecule has 3 rings (SSSR count). The van der Waals surface area contributed by atoms with Gasteiger partial charge in [0.2, 0.25) is 17.7 Å². The van der Waals surface area contributed by atoms with Gasteiger partial charge >= 0.3 is 12.1 Å². The number of nitrogens with two attached hydrogens (primary N) is 1. The summed E-state index contributed by atoms with van der Waals surface area (Å²) in [6.07, 6.45) is 0.0880. The summed E-state index contributed by atoms with van der Waals surface area (Å²) in [4.78, 5) is 67.9. The maximum Gasteiger partial charge on any atom is 0.408 e. The van der Waals surface area contributed by atoms with Gasteiger partial charge in [-0.2, -0.15) is 0 Å². The molecule has 1 aliphatic carbocycles. The molecule has 0 saturated heterocycles. The Morgan fingerprint density at radius 3 is 1.98 bits per heavy atom. The number of nitrogens with one attached hydrogen (secondary N) is 2. The van der Waals surface area contributed by atoms with Crippen LogP contribution in [-0.4, -0.2) is 69.1 Å². The van der Waals surface area contributed by atoms with Crippen LogP contribution in [0, 0.1) is 0 Å². The highest BCUT2D eigenvalue weighted by atomic mass is 16.6. The Hall–Kier alpha value is -4.61. The van der Waals surface area contributed by atoms with Crippen LogP contribution in [0.5, 0.6) is 5.75 Å². The summed E-state index contributed by atoms with van der Waals surface area (Å²) in [5.41, 5.74) is 4.84. The lowest BCUT2D eigenvalue weighted by Crippen LogP contribution is -2.55. The molecule has 0 radical (unpaired) electrons. The van der Waals surface area contributed by atoms with Gasteiger partial charge in [0, 0.05) is 18.9 Å². The number of esters is 1. The first-order chi connectivity index (χ1) is 21.4. The molecule has 3 unspecified atom stereocenters. The minimum Gasteiger partial charge on any atom is -0.508 e.